The molecule has 2 amide bonds. The van der Waals surface area contributed by atoms with E-state index in [4.69, 9.17) is 9.47 Å². The summed E-state index contributed by atoms with van der Waals surface area (Å²) in [6, 6.07) is 26.9. The second-order valence-electron chi connectivity index (χ2n) is 10.7. The van der Waals surface area contributed by atoms with E-state index < -0.39 is 12.0 Å². The molecule has 0 radical (unpaired) electrons. The molecule has 0 heterocycles. The molecule has 3 aromatic rings. The van der Waals surface area contributed by atoms with E-state index in [0.29, 0.717) is 25.9 Å². The molecule has 216 valence electrons. The van der Waals surface area contributed by atoms with Gasteiger partial charge in [-0.2, -0.15) is 0 Å². The molecular formula is C34H40N2O5. The molecule has 0 bridgehead atoms. The van der Waals surface area contributed by atoms with Crippen LogP contribution < -0.4 is 15.4 Å². The average molecular weight is 557 g/mol. The van der Waals surface area contributed by atoms with Crippen LogP contribution in [0.25, 0.3) is 0 Å². The Labute approximate surface area is 242 Å². The van der Waals surface area contributed by atoms with Gasteiger partial charge in [-0.1, -0.05) is 72.8 Å². The highest BCUT2D eigenvalue weighted by atomic mass is 16.5. The SMILES string of the molecule is COC(=O)[C@H](Cc1ccc(OCc2ccccc2)cc1)NC(=O)CC1CCC(NC(=O)CCc2ccccc2)CC1. The Balaban J connectivity index is 1.18. The van der Waals surface area contributed by atoms with Gasteiger partial charge in [0.05, 0.1) is 7.11 Å². The molecule has 3 aromatic carbocycles. The summed E-state index contributed by atoms with van der Waals surface area (Å²) in [5.41, 5.74) is 3.14. The minimum atomic E-state index is -0.760. The summed E-state index contributed by atoms with van der Waals surface area (Å²) in [4.78, 5) is 37.7. The van der Waals surface area contributed by atoms with Crippen molar-refractivity contribution in [1.29, 1.82) is 0 Å². The Morgan fingerprint density at radius 3 is 2.05 bits per heavy atom. The molecule has 7 heteroatoms. The Kier molecular flexibility index (Phi) is 11.4. The summed E-state index contributed by atoms with van der Waals surface area (Å²) in [6.07, 6.45) is 5.34. The minimum absolute atomic E-state index is 0.0757. The first kappa shape index (κ1) is 29.8. The fraction of sp³-hybridized carbons (Fsp3) is 0.382. The van der Waals surface area contributed by atoms with Gasteiger partial charge in [-0.05, 0) is 66.8 Å². The molecular weight excluding hydrogens is 516 g/mol. The highest BCUT2D eigenvalue weighted by Gasteiger charge is 2.27. The summed E-state index contributed by atoms with van der Waals surface area (Å²) in [5, 5.41) is 6.04. The average Bonchev–Trinajstić information content (AvgIpc) is 3.01. The fourth-order valence-electron chi connectivity index (χ4n) is 5.26. The van der Waals surface area contributed by atoms with Crippen molar-refractivity contribution in [3.8, 4) is 5.75 Å². The number of carbonyl (C=O) groups is 3. The van der Waals surface area contributed by atoms with Gasteiger partial charge in [0, 0.05) is 25.3 Å². The van der Waals surface area contributed by atoms with Gasteiger partial charge in [-0.3, -0.25) is 9.59 Å². The number of methoxy groups -OCH3 is 1. The zero-order valence-electron chi connectivity index (χ0n) is 23.7. The molecule has 0 saturated heterocycles. The van der Waals surface area contributed by atoms with Crippen molar-refractivity contribution < 1.29 is 23.9 Å². The van der Waals surface area contributed by atoms with E-state index in [1.807, 2.05) is 84.9 Å². The molecule has 0 aliphatic heterocycles. The van der Waals surface area contributed by atoms with Crippen LogP contribution in [0.15, 0.2) is 84.9 Å². The molecule has 0 spiro atoms. The number of aryl methyl sites for hydroxylation is 1. The van der Waals surface area contributed by atoms with Gasteiger partial charge in [-0.15, -0.1) is 0 Å². The van der Waals surface area contributed by atoms with Crippen molar-refractivity contribution in [3.63, 3.8) is 0 Å². The maximum Gasteiger partial charge on any atom is 0.328 e. The molecule has 7 nitrogen and oxygen atoms in total. The van der Waals surface area contributed by atoms with Crippen molar-refractivity contribution >= 4 is 17.8 Å². The lowest BCUT2D eigenvalue weighted by Gasteiger charge is -2.29. The number of carbonyl (C=O) groups excluding carboxylic acids is 3. The quantitative estimate of drug-likeness (QED) is 0.284. The fourth-order valence-corrected chi connectivity index (χ4v) is 5.26. The third kappa shape index (κ3) is 10.1. The Morgan fingerprint density at radius 1 is 0.780 bits per heavy atom. The lowest BCUT2D eigenvalue weighted by atomic mass is 9.83. The van der Waals surface area contributed by atoms with Gasteiger partial charge < -0.3 is 20.1 Å². The topological polar surface area (TPSA) is 93.7 Å². The molecule has 4 rings (SSSR count). The normalized spacial score (nSPS) is 17.2. The van der Waals surface area contributed by atoms with Crippen LogP contribution >= 0.6 is 0 Å². The van der Waals surface area contributed by atoms with Crippen molar-refractivity contribution in [2.24, 2.45) is 5.92 Å². The number of esters is 1. The van der Waals surface area contributed by atoms with Crippen LogP contribution in [-0.4, -0.2) is 37.0 Å². The van der Waals surface area contributed by atoms with E-state index in [0.717, 1.165) is 54.5 Å². The molecule has 1 aliphatic carbocycles. The number of benzene rings is 3. The van der Waals surface area contributed by atoms with Crippen molar-refractivity contribution in [2.45, 2.75) is 70.1 Å². The van der Waals surface area contributed by atoms with Gasteiger partial charge >= 0.3 is 5.97 Å². The Morgan fingerprint density at radius 2 is 1.41 bits per heavy atom. The lowest BCUT2D eigenvalue weighted by Crippen LogP contribution is -2.44. The number of hydrogen-bond acceptors (Lipinski definition) is 5. The first-order valence-corrected chi connectivity index (χ1v) is 14.4. The van der Waals surface area contributed by atoms with Gasteiger partial charge in [0.15, 0.2) is 0 Å². The maximum absolute atomic E-state index is 12.9. The molecule has 1 fully saturated rings. The van der Waals surface area contributed by atoms with Crippen LogP contribution in [0.5, 0.6) is 5.75 Å². The molecule has 2 N–H and O–H groups in total. The Bertz CT molecular complexity index is 1240. The zero-order chi connectivity index (χ0) is 28.9. The van der Waals surface area contributed by atoms with Crippen LogP contribution in [0.2, 0.25) is 0 Å². The maximum atomic E-state index is 12.9. The summed E-state index contributed by atoms with van der Waals surface area (Å²) in [7, 11) is 1.33. The van der Waals surface area contributed by atoms with Gasteiger partial charge in [0.1, 0.15) is 18.4 Å². The smallest absolute Gasteiger partial charge is 0.328 e. The monoisotopic (exact) mass is 556 g/mol. The summed E-state index contributed by atoms with van der Waals surface area (Å²) < 4.78 is 10.8. The van der Waals surface area contributed by atoms with E-state index in [2.05, 4.69) is 10.6 Å². The molecule has 41 heavy (non-hydrogen) atoms. The van der Waals surface area contributed by atoms with Gasteiger partial charge in [-0.25, -0.2) is 4.79 Å². The summed E-state index contributed by atoms with van der Waals surface area (Å²) >= 11 is 0. The first-order chi connectivity index (χ1) is 20.0. The van der Waals surface area contributed by atoms with Crippen LogP contribution in [-0.2, 0) is 38.6 Å². The molecule has 1 saturated carbocycles. The molecule has 1 atom stereocenters. The van der Waals surface area contributed by atoms with Crippen LogP contribution in [0.3, 0.4) is 0 Å². The van der Waals surface area contributed by atoms with Crippen molar-refractivity contribution in [1.82, 2.24) is 10.6 Å². The number of ether oxygens (including phenoxy) is 2. The van der Waals surface area contributed by atoms with Crippen molar-refractivity contribution in [3.05, 3.63) is 102 Å². The second kappa shape index (κ2) is 15.6. The Hall–Kier alpha value is -4.13. The first-order valence-electron chi connectivity index (χ1n) is 14.4. The highest BCUT2D eigenvalue weighted by molar-refractivity contribution is 5.84. The van der Waals surface area contributed by atoms with E-state index >= 15 is 0 Å². The van der Waals surface area contributed by atoms with Gasteiger partial charge in [0.2, 0.25) is 11.8 Å². The zero-order valence-corrected chi connectivity index (χ0v) is 23.7. The largest absolute Gasteiger partial charge is 0.489 e. The predicted molar refractivity (Wildman–Crippen MR) is 158 cm³/mol. The van der Waals surface area contributed by atoms with Crippen LogP contribution in [0.4, 0.5) is 0 Å². The second-order valence-corrected chi connectivity index (χ2v) is 10.7. The highest BCUT2D eigenvalue weighted by Crippen LogP contribution is 2.27. The third-order valence-electron chi connectivity index (χ3n) is 7.60. The third-order valence-corrected chi connectivity index (χ3v) is 7.60. The predicted octanol–water partition coefficient (Wildman–Crippen LogP) is 5.16. The number of nitrogens with one attached hydrogen (secondary N) is 2. The van der Waals surface area contributed by atoms with E-state index in [9.17, 15) is 14.4 Å². The van der Waals surface area contributed by atoms with E-state index in [1.165, 1.54) is 7.11 Å². The van der Waals surface area contributed by atoms with E-state index in [1.54, 1.807) is 0 Å². The lowest BCUT2D eigenvalue weighted by molar-refractivity contribution is -0.145. The number of hydrogen-bond donors (Lipinski definition) is 2. The van der Waals surface area contributed by atoms with Crippen molar-refractivity contribution in [2.75, 3.05) is 7.11 Å². The standard InChI is InChI=1S/C34H40N2O5/c1-40-34(39)31(22-26-14-19-30(20-15-26)41-24-28-10-6-3-7-11-28)36-33(38)23-27-12-17-29(18-13-27)35-32(37)21-16-25-8-4-2-5-9-25/h2-11,14-15,19-20,27,29,31H,12-13,16-18,21-24H2,1H3,(H,35,37)(H,36,38)/t27?,29?,31-/m0/s1. The van der Waals surface area contributed by atoms with Crippen LogP contribution in [0, 0.1) is 5.92 Å². The minimum Gasteiger partial charge on any atom is -0.489 e. The number of rotatable bonds is 13. The summed E-state index contributed by atoms with van der Waals surface area (Å²) in [6.45, 7) is 0.476. The van der Waals surface area contributed by atoms with E-state index in [-0.39, 0.29) is 23.8 Å². The van der Waals surface area contributed by atoms with Gasteiger partial charge in [0.25, 0.3) is 0 Å². The summed E-state index contributed by atoms with van der Waals surface area (Å²) in [5.74, 6) is 0.418. The molecule has 1 aliphatic rings. The molecule has 0 unspecified atom stereocenters. The molecule has 0 aromatic heterocycles. The number of amides is 2. The van der Waals surface area contributed by atoms with Crippen LogP contribution in [0.1, 0.15) is 55.2 Å².